The third kappa shape index (κ3) is 4.48. The second-order valence-corrected chi connectivity index (χ2v) is 5.05. The number of benzene rings is 2. The molecule has 2 rings (SSSR count). The number of hydrogen-bond acceptors (Lipinski definition) is 2. The maximum Gasteiger partial charge on any atom is 0.233 e. The molecule has 2 aromatic carbocycles. The molecule has 0 spiro atoms. The highest BCUT2D eigenvalue weighted by atomic mass is 35.5. The molecule has 0 aliphatic carbocycles. The fraction of sp³-hybridized carbons (Fsp3) is 0.0667. The smallest absolute Gasteiger partial charge is 0.233 e. The van der Waals surface area contributed by atoms with Crippen LogP contribution in [0, 0.1) is 0 Å². The molecule has 0 radical (unpaired) electrons. The normalized spacial score (nSPS) is 10.0. The Kier molecular flexibility index (Phi) is 5.20. The summed E-state index contributed by atoms with van der Waals surface area (Å²) in [5.74, 6) is -0.902. The van der Waals surface area contributed by atoms with Crippen molar-refractivity contribution in [3.8, 4) is 0 Å². The maximum atomic E-state index is 11.8. The highest BCUT2D eigenvalue weighted by molar-refractivity contribution is 6.34. The Morgan fingerprint density at radius 2 is 1.14 bits per heavy atom. The van der Waals surface area contributed by atoms with Gasteiger partial charge in [0.05, 0.1) is 21.4 Å². The summed E-state index contributed by atoms with van der Waals surface area (Å²) in [6.45, 7) is 0. The lowest BCUT2D eigenvalue weighted by molar-refractivity contribution is -0.123. The number of carbonyl (C=O) groups excluding carboxylic acids is 2. The van der Waals surface area contributed by atoms with Crippen molar-refractivity contribution in [2.75, 3.05) is 10.6 Å². The van der Waals surface area contributed by atoms with E-state index in [-0.39, 0.29) is 6.42 Å². The minimum absolute atomic E-state index is 0.323. The van der Waals surface area contributed by atoms with E-state index in [0.717, 1.165) is 0 Å². The first-order valence-electron chi connectivity index (χ1n) is 6.15. The minimum atomic E-state index is -0.451. The first-order valence-corrected chi connectivity index (χ1v) is 6.90. The van der Waals surface area contributed by atoms with Gasteiger partial charge in [0.15, 0.2) is 0 Å². The molecular weight excluding hydrogens is 311 g/mol. The number of carbonyl (C=O) groups is 2. The van der Waals surface area contributed by atoms with Crippen LogP contribution in [0.4, 0.5) is 11.4 Å². The quantitative estimate of drug-likeness (QED) is 0.837. The molecule has 0 heterocycles. The van der Waals surface area contributed by atoms with Crippen LogP contribution >= 0.6 is 23.2 Å². The Labute approximate surface area is 132 Å². The van der Waals surface area contributed by atoms with Gasteiger partial charge in [-0.25, -0.2) is 0 Å². The van der Waals surface area contributed by atoms with Crippen LogP contribution in [0.15, 0.2) is 48.5 Å². The van der Waals surface area contributed by atoms with E-state index in [1.807, 2.05) is 0 Å². The second-order valence-electron chi connectivity index (χ2n) is 4.23. The second kappa shape index (κ2) is 7.11. The monoisotopic (exact) mass is 322 g/mol. The zero-order chi connectivity index (χ0) is 15.2. The van der Waals surface area contributed by atoms with E-state index in [4.69, 9.17) is 23.2 Å². The van der Waals surface area contributed by atoms with Crippen LogP contribution in [0.2, 0.25) is 10.0 Å². The molecule has 0 saturated carbocycles. The first kappa shape index (κ1) is 15.4. The Balaban J connectivity index is 1.93. The summed E-state index contributed by atoms with van der Waals surface area (Å²) in [6, 6.07) is 13.6. The van der Waals surface area contributed by atoms with Crippen LogP contribution in [-0.2, 0) is 9.59 Å². The van der Waals surface area contributed by atoms with Gasteiger partial charge < -0.3 is 10.6 Å². The summed E-state index contributed by atoms with van der Waals surface area (Å²) in [4.78, 5) is 23.6. The average Bonchev–Trinajstić information content (AvgIpc) is 2.44. The molecule has 108 valence electrons. The number of anilines is 2. The molecule has 0 fully saturated rings. The van der Waals surface area contributed by atoms with Crippen LogP contribution in [0.1, 0.15) is 6.42 Å². The van der Waals surface area contributed by atoms with Gasteiger partial charge in [-0.05, 0) is 24.3 Å². The SMILES string of the molecule is O=C(CC(=O)Nc1ccccc1Cl)Nc1ccccc1Cl. The lowest BCUT2D eigenvalue weighted by Crippen LogP contribution is -2.21. The van der Waals surface area contributed by atoms with Crippen molar-refractivity contribution in [1.29, 1.82) is 0 Å². The summed E-state index contributed by atoms with van der Waals surface area (Å²) < 4.78 is 0. The molecule has 0 unspecified atom stereocenters. The molecule has 21 heavy (non-hydrogen) atoms. The fourth-order valence-electron chi connectivity index (χ4n) is 1.66. The number of para-hydroxylation sites is 2. The predicted molar refractivity (Wildman–Crippen MR) is 84.8 cm³/mol. The van der Waals surface area contributed by atoms with Gasteiger partial charge in [-0.1, -0.05) is 47.5 Å². The van der Waals surface area contributed by atoms with Crippen molar-refractivity contribution < 1.29 is 9.59 Å². The van der Waals surface area contributed by atoms with Crippen molar-refractivity contribution in [3.63, 3.8) is 0 Å². The van der Waals surface area contributed by atoms with Crippen LogP contribution in [0.3, 0.4) is 0 Å². The molecule has 0 bridgehead atoms. The number of amides is 2. The van der Waals surface area contributed by atoms with Gasteiger partial charge in [-0.15, -0.1) is 0 Å². The Hall–Kier alpha value is -2.04. The summed E-state index contributed by atoms with van der Waals surface area (Å²) in [7, 11) is 0. The number of rotatable bonds is 4. The number of hydrogen-bond donors (Lipinski definition) is 2. The van der Waals surface area contributed by atoms with Crippen LogP contribution in [0.25, 0.3) is 0 Å². The number of halogens is 2. The van der Waals surface area contributed by atoms with E-state index >= 15 is 0 Å². The van der Waals surface area contributed by atoms with Crippen molar-refractivity contribution in [2.45, 2.75) is 6.42 Å². The predicted octanol–water partition coefficient (Wildman–Crippen LogP) is 3.96. The number of nitrogens with one attached hydrogen (secondary N) is 2. The van der Waals surface area contributed by atoms with Crippen molar-refractivity contribution in [1.82, 2.24) is 0 Å². The fourth-order valence-corrected chi connectivity index (χ4v) is 2.03. The first-order chi connectivity index (χ1) is 10.1. The standard InChI is InChI=1S/C15H12Cl2N2O2/c16-10-5-1-3-7-12(10)18-14(20)9-15(21)19-13-8-4-2-6-11(13)17/h1-8H,9H2,(H,18,20)(H,19,21). The van der Waals surface area contributed by atoms with Gasteiger partial charge in [-0.3, -0.25) is 9.59 Å². The molecule has 6 heteroatoms. The minimum Gasteiger partial charge on any atom is -0.324 e. The Morgan fingerprint density at radius 1 is 0.762 bits per heavy atom. The largest absolute Gasteiger partial charge is 0.324 e. The maximum absolute atomic E-state index is 11.8. The Bertz CT molecular complexity index is 617. The van der Waals surface area contributed by atoms with E-state index in [1.54, 1.807) is 48.5 Å². The summed E-state index contributed by atoms with van der Waals surface area (Å²) in [5.41, 5.74) is 0.935. The van der Waals surface area contributed by atoms with Crippen molar-refractivity contribution >= 4 is 46.4 Å². The highest BCUT2D eigenvalue weighted by Crippen LogP contribution is 2.22. The zero-order valence-electron chi connectivity index (χ0n) is 10.9. The average molecular weight is 323 g/mol. The molecular formula is C15H12Cl2N2O2. The van der Waals surface area contributed by atoms with Gasteiger partial charge in [-0.2, -0.15) is 0 Å². The molecule has 2 N–H and O–H groups in total. The van der Waals surface area contributed by atoms with Gasteiger partial charge in [0.1, 0.15) is 6.42 Å². The van der Waals surface area contributed by atoms with E-state index in [2.05, 4.69) is 10.6 Å². The van der Waals surface area contributed by atoms with Gasteiger partial charge in [0.2, 0.25) is 11.8 Å². The van der Waals surface area contributed by atoms with E-state index in [0.29, 0.717) is 21.4 Å². The van der Waals surface area contributed by atoms with Crippen molar-refractivity contribution in [3.05, 3.63) is 58.6 Å². The van der Waals surface area contributed by atoms with Gasteiger partial charge in [0.25, 0.3) is 0 Å². The molecule has 0 aliphatic rings. The summed E-state index contributed by atoms with van der Waals surface area (Å²) in [5, 5.41) is 5.98. The molecule has 0 aromatic heterocycles. The topological polar surface area (TPSA) is 58.2 Å². The lowest BCUT2D eigenvalue weighted by atomic mass is 10.3. The third-order valence-electron chi connectivity index (χ3n) is 2.62. The van der Waals surface area contributed by atoms with E-state index in [1.165, 1.54) is 0 Å². The zero-order valence-corrected chi connectivity index (χ0v) is 12.4. The molecule has 4 nitrogen and oxygen atoms in total. The molecule has 0 saturated heterocycles. The lowest BCUT2D eigenvalue weighted by Gasteiger charge is -2.08. The Morgan fingerprint density at radius 3 is 1.52 bits per heavy atom. The van der Waals surface area contributed by atoms with Crippen LogP contribution in [-0.4, -0.2) is 11.8 Å². The van der Waals surface area contributed by atoms with E-state index < -0.39 is 11.8 Å². The highest BCUT2D eigenvalue weighted by Gasteiger charge is 2.12. The molecule has 2 amide bonds. The van der Waals surface area contributed by atoms with Gasteiger partial charge >= 0.3 is 0 Å². The molecule has 2 aromatic rings. The van der Waals surface area contributed by atoms with Crippen molar-refractivity contribution in [2.24, 2.45) is 0 Å². The summed E-state index contributed by atoms with van der Waals surface area (Å²) in [6.07, 6.45) is -0.323. The van der Waals surface area contributed by atoms with Gasteiger partial charge in [0, 0.05) is 0 Å². The molecule has 0 aliphatic heterocycles. The molecule has 0 atom stereocenters. The third-order valence-corrected chi connectivity index (χ3v) is 3.28. The summed E-state index contributed by atoms with van der Waals surface area (Å²) >= 11 is 11.8. The van der Waals surface area contributed by atoms with E-state index in [9.17, 15) is 9.59 Å². The van der Waals surface area contributed by atoms with Crippen LogP contribution in [0.5, 0.6) is 0 Å². The van der Waals surface area contributed by atoms with Crippen LogP contribution < -0.4 is 10.6 Å².